The Bertz CT molecular complexity index is 699. The first-order chi connectivity index (χ1) is 10.2. The van der Waals surface area contributed by atoms with Gasteiger partial charge in [-0.1, -0.05) is 18.2 Å². The van der Waals surface area contributed by atoms with Crippen molar-refractivity contribution in [3.8, 4) is 6.07 Å². The fourth-order valence-corrected chi connectivity index (χ4v) is 2.15. The molecule has 0 spiro atoms. The Morgan fingerprint density at radius 3 is 2.90 bits per heavy atom. The molecular formula is C15H15N3O3. The molecule has 0 aliphatic rings. The van der Waals surface area contributed by atoms with Crippen molar-refractivity contribution in [1.82, 2.24) is 10.3 Å². The SMILES string of the molecule is CCOC(=O)[C@H](Cc1c[nH]c2ccccc12)NC(=O)C#N. The van der Waals surface area contributed by atoms with Crippen LogP contribution in [0.2, 0.25) is 0 Å². The molecule has 1 atom stereocenters. The Balaban J connectivity index is 2.23. The van der Waals surface area contributed by atoms with E-state index in [-0.39, 0.29) is 13.0 Å². The molecule has 2 aromatic rings. The predicted octanol–water partition coefficient (Wildman–Crippen LogP) is 1.28. The lowest BCUT2D eigenvalue weighted by atomic mass is 10.0. The van der Waals surface area contributed by atoms with Crippen molar-refractivity contribution in [1.29, 1.82) is 5.26 Å². The van der Waals surface area contributed by atoms with E-state index in [9.17, 15) is 9.59 Å². The molecule has 2 rings (SSSR count). The van der Waals surface area contributed by atoms with Crippen molar-refractivity contribution < 1.29 is 14.3 Å². The van der Waals surface area contributed by atoms with Crippen LogP contribution in [-0.4, -0.2) is 29.5 Å². The Hall–Kier alpha value is -2.81. The van der Waals surface area contributed by atoms with Crippen LogP contribution in [0.4, 0.5) is 0 Å². The molecule has 21 heavy (non-hydrogen) atoms. The van der Waals surface area contributed by atoms with Crippen LogP contribution in [0.25, 0.3) is 10.9 Å². The summed E-state index contributed by atoms with van der Waals surface area (Å²) in [6.07, 6.45) is 2.05. The number of nitrogens with one attached hydrogen (secondary N) is 2. The van der Waals surface area contributed by atoms with Gasteiger partial charge in [0.15, 0.2) is 6.07 Å². The van der Waals surface area contributed by atoms with Gasteiger partial charge in [0.1, 0.15) is 6.04 Å². The van der Waals surface area contributed by atoms with Gasteiger partial charge in [0, 0.05) is 23.5 Å². The summed E-state index contributed by atoms with van der Waals surface area (Å²) in [5.41, 5.74) is 1.82. The van der Waals surface area contributed by atoms with Crippen LogP contribution in [0.15, 0.2) is 30.5 Å². The van der Waals surface area contributed by atoms with E-state index in [2.05, 4.69) is 10.3 Å². The topological polar surface area (TPSA) is 95.0 Å². The number of aromatic amines is 1. The van der Waals surface area contributed by atoms with Crippen LogP contribution in [0.3, 0.4) is 0 Å². The number of benzene rings is 1. The second kappa shape index (κ2) is 6.57. The maximum atomic E-state index is 11.9. The van der Waals surface area contributed by atoms with E-state index in [0.717, 1.165) is 16.5 Å². The Labute approximate surface area is 121 Å². The molecule has 108 valence electrons. The molecule has 0 saturated heterocycles. The zero-order valence-electron chi connectivity index (χ0n) is 11.6. The normalized spacial score (nSPS) is 11.6. The zero-order valence-corrected chi connectivity index (χ0v) is 11.6. The van der Waals surface area contributed by atoms with Crippen molar-refractivity contribution in [2.45, 2.75) is 19.4 Å². The van der Waals surface area contributed by atoms with E-state index in [1.807, 2.05) is 24.3 Å². The van der Waals surface area contributed by atoms with Gasteiger partial charge < -0.3 is 15.0 Å². The van der Waals surface area contributed by atoms with Gasteiger partial charge >= 0.3 is 11.9 Å². The van der Waals surface area contributed by atoms with Gasteiger partial charge in [0.25, 0.3) is 0 Å². The van der Waals surface area contributed by atoms with E-state index in [1.165, 1.54) is 6.07 Å². The largest absolute Gasteiger partial charge is 0.464 e. The van der Waals surface area contributed by atoms with Crippen molar-refractivity contribution in [2.75, 3.05) is 6.61 Å². The molecule has 6 nitrogen and oxygen atoms in total. The van der Waals surface area contributed by atoms with Crippen molar-refractivity contribution in [3.05, 3.63) is 36.0 Å². The molecule has 0 aliphatic carbocycles. The van der Waals surface area contributed by atoms with Crippen LogP contribution in [0.5, 0.6) is 0 Å². The number of nitriles is 1. The number of carbonyl (C=O) groups is 2. The molecule has 0 unspecified atom stereocenters. The number of hydrogen-bond acceptors (Lipinski definition) is 4. The number of para-hydroxylation sites is 1. The third-order valence-electron chi connectivity index (χ3n) is 3.08. The average molecular weight is 285 g/mol. The summed E-state index contributed by atoms with van der Waals surface area (Å²) in [5.74, 6) is -1.40. The van der Waals surface area contributed by atoms with Gasteiger partial charge in [-0.05, 0) is 18.6 Å². The van der Waals surface area contributed by atoms with Crippen LogP contribution in [0.1, 0.15) is 12.5 Å². The molecule has 0 fully saturated rings. The number of nitrogens with zero attached hydrogens (tertiary/aromatic N) is 1. The van der Waals surface area contributed by atoms with Gasteiger partial charge in [0.05, 0.1) is 6.61 Å². The molecule has 0 aliphatic heterocycles. The maximum absolute atomic E-state index is 11.9. The first kappa shape index (κ1) is 14.6. The summed E-state index contributed by atoms with van der Waals surface area (Å²) in [4.78, 5) is 26.2. The second-order valence-corrected chi connectivity index (χ2v) is 4.45. The van der Waals surface area contributed by atoms with E-state index in [4.69, 9.17) is 10.00 Å². The molecule has 1 aromatic carbocycles. The molecule has 1 heterocycles. The second-order valence-electron chi connectivity index (χ2n) is 4.45. The molecule has 0 radical (unpaired) electrons. The van der Waals surface area contributed by atoms with Crippen LogP contribution >= 0.6 is 0 Å². The van der Waals surface area contributed by atoms with Crippen LogP contribution in [0, 0.1) is 11.3 Å². The fourth-order valence-electron chi connectivity index (χ4n) is 2.15. The highest BCUT2D eigenvalue weighted by Gasteiger charge is 2.23. The number of rotatable bonds is 5. The Morgan fingerprint density at radius 2 is 2.19 bits per heavy atom. The lowest BCUT2D eigenvalue weighted by Crippen LogP contribution is -2.42. The van der Waals surface area contributed by atoms with E-state index >= 15 is 0 Å². The van der Waals surface area contributed by atoms with Crippen LogP contribution < -0.4 is 5.32 Å². The number of fused-ring (bicyclic) bond motifs is 1. The highest BCUT2D eigenvalue weighted by Crippen LogP contribution is 2.19. The fraction of sp³-hybridized carbons (Fsp3) is 0.267. The van der Waals surface area contributed by atoms with Crippen LogP contribution in [-0.2, 0) is 20.7 Å². The Kier molecular flexibility index (Phi) is 4.57. The monoisotopic (exact) mass is 285 g/mol. The zero-order chi connectivity index (χ0) is 15.2. The molecule has 6 heteroatoms. The molecular weight excluding hydrogens is 270 g/mol. The summed E-state index contributed by atoms with van der Waals surface area (Å²) in [5, 5.41) is 11.9. The Morgan fingerprint density at radius 1 is 1.43 bits per heavy atom. The lowest BCUT2D eigenvalue weighted by molar-refractivity contribution is -0.146. The van der Waals surface area contributed by atoms with Gasteiger partial charge in [-0.2, -0.15) is 5.26 Å². The molecule has 0 saturated carbocycles. The minimum absolute atomic E-state index is 0.214. The highest BCUT2D eigenvalue weighted by atomic mass is 16.5. The lowest BCUT2D eigenvalue weighted by Gasteiger charge is -2.15. The third kappa shape index (κ3) is 3.39. The standard InChI is InChI=1S/C15H15N3O3/c1-2-21-15(20)13(18-14(19)8-16)7-10-9-17-12-6-4-3-5-11(10)12/h3-6,9,13,17H,2,7H2,1H3,(H,18,19)/t13-/m0/s1. The predicted molar refractivity (Wildman–Crippen MR) is 76.2 cm³/mol. The van der Waals surface area contributed by atoms with Gasteiger partial charge in [-0.25, -0.2) is 4.79 Å². The van der Waals surface area contributed by atoms with E-state index < -0.39 is 17.9 Å². The van der Waals surface area contributed by atoms with Crippen molar-refractivity contribution in [2.24, 2.45) is 0 Å². The summed E-state index contributed by atoms with van der Waals surface area (Å²) in [7, 11) is 0. The van der Waals surface area contributed by atoms with Crippen molar-refractivity contribution in [3.63, 3.8) is 0 Å². The van der Waals surface area contributed by atoms with Crippen molar-refractivity contribution >= 4 is 22.8 Å². The number of esters is 1. The number of carbonyl (C=O) groups excluding carboxylic acids is 2. The summed E-state index contributed by atoms with van der Waals surface area (Å²) in [6.45, 7) is 1.90. The third-order valence-corrected chi connectivity index (χ3v) is 3.08. The van der Waals surface area contributed by atoms with Gasteiger partial charge in [-0.15, -0.1) is 0 Å². The molecule has 1 aromatic heterocycles. The molecule has 0 bridgehead atoms. The van der Waals surface area contributed by atoms with Gasteiger partial charge in [0.2, 0.25) is 0 Å². The van der Waals surface area contributed by atoms with E-state index in [0.29, 0.717) is 0 Å². The quantitative estimate of drug-likeness (QED) is 0.639. The number of H-pyrrole nitrogens is 1. The number of amides is 1. The summed E-state index contributed by atoms with van der Waals surface area (Å²) in [6, 6.07) is 8.22. The number of ether oxygens (including phenoxy) is 1. The molecule has 1 amide bonds. The first-order valence-corrected chi connectivity index (χ1v) is 6.58. The number of hydrogen-bond donors (Lipinski definition) is 2. The number of aromatic nitrogens is 1. The summed E-state index contributed by atoms with van der Waals surface area (Å²) < 4.78 is 4.94. The summed E-state index contributed by atoms with van der Waals surface area (Å²) >= 11 is 0. The average Bonchev–Trinajstić information content (AvgIpc) is 2.90. The smallest absolute Gasteiger partial charge is 0.329 e. The highest BCUT2D eigenvalue weighted by molar-refractivity contribution is 5.94. The minimum Gasteiger partial charge on any atom is -0.464 e. The molecule has 2 N–H and O–H groups in total. The first-order valence-electron chi connectivity index (χ1n) is 6.58. The van der Waals surface area contributed by atoms with E-state index in [1.54, 1.807) is 13.1 Å². The maximum Gasteiger partial charge on any atom is 0.329 e. The van der Waals surface area contributed by atoms with Gasteiger partial charge in [-0.3, -0.25) is 4.79 Å². The minimum atomic E-state index is -0.878.